The van der Waals surface area contributed by atoms with Crippen molar-refractivity contribution in [3.8, 4) is 6.07 Å². The zero-order valence-electron chi connectivity index (χ0n) is 7.12. The Hall–Kier alpha value is -0.890. The molecule has 0 radical (unpaired) electrons. The van der Waals surface area contributed by atoms with Crippen LogP contribution in [0.15, 0.2) is 11.4 Å². The Labute approximate surface area is 80.9 Å². The highest BCUT2D eigenvalue weighted by Crippen LogP contribution is 2.25. The zero-order valence-corrected chi connectivity index (χ0v) is 7.93. The van der Waals surface area contributed by atoms with Gasteiger partial charge in [-0.05, 0) is 6.07 Å². The van der Waals surface area contributed by atoms with Gasteiger partial charge in [-0.15, -0.1) is 11.3 Å². The first-order chi connectivity index (χ1) is 6.40. The van der Waals surface area contributed by atoms with Crippen molar-refractivity contribution < 1.29 is 4.74 Å². The van der Waals surface area contributed by atoms with Gasteiger partial charge < -0.3 is 10.1 Å². The smallest absolute Gasteiger partial charge is 0.104 e. The summed E-state index contributed by atoms with van der Waals surface area (Å²) in [4.78, 5) is 1.14. The maximum atomic E-state index is 8.65. The fourth-order valence-corrected chi connectivity index (χ4v) is 2.21. The molecule has 1 fully saturated rings. The minimum absolute atomic E-state index is 0.140. The van der Waals surface area contributed by atoms with Gasteiger partial charge in [0.1, 0.15) is 12.2 Å². The van der Waals surface area contributed by atoms with E-state index in [-0.39, 0.29) is 6.10 Å². The summed E-state index contributed by atoms with van der Waals surface area (Å²) in [5.74, 6) is 0. The van der Waals surface area contributed by atoms with Crippen LogP contribution in [0.1, 0.15) is 16.5 Å². The number of nitriles is 1. The first-order valence-corrected chi connectivity index (χ1v) is 5.09. The summed E-state index contributed by atoms with van der Waals surface area (Å²) in [6.45, 7) is 2.53. The third-order valence-corrected chi connectivity index (χ3v) is 3.02. The van der Waals surface area contributed by atoms with E-state index in [9.17, 15) is 0 Å². The molecule has 0 amide bonds. The molecule has 2 heterocycles. The molecular weight excluding hydrogens is 184 g/mol. The maximum Gasteiger partial charge on any atom is 0.104 e. The molecule has 0 aliphatic carbocycles. The van der Waals surface area contributed by atoms with Gasteiger partial charge in [-0.25, -0.2) is 0 Å². The van der Waals surface area contributed by atoms with E-state index in [1.165, 1.54) is 0 Å². The Bertz CT molecular complexity index is 323. The summed E-state index contributed by atoms with van der Waals surface area (Å²) >= 11 is 1.59. The number of thiophene rings is 1. The van der Waals surface area contributed by atoms with Gasteiger partial charge in [0.25, 0.3) is 0 Å². The average molecular weight is 194 g/mol. The Morgan fingerprint density at radius 2 is 2.62 bits per heavy atom. The molecule has 0 saturated carbocycles. The standard InChI is InChI=1S/C9H10N2OS/c10-4-7-3-9(13-6-7)8-5-11-1-2-12-8/h3,6,8,11H,1-2,5H2. The minimum Gasteiger partial charge on any atom is -0.370 e. The highest BCUT2D eigenvalue weighted by molar-refractivity contribution is 7.10. The second-order valence-corrected chi connectivity index (χ2v) is 3.86. The van der Waals surface area contributed by atoms with Gasteiger partial charge in [0.2, 0.25) is 0 Å². The van der Waals surface area contributed by atoms with Crippen LogP contribution in [-0.4, -0.2) is 19.7 Å². The molecular formula is C9H10N2OS. The van der Waals surface area contributed by atoms with Crippen molar-refractivity contribution in [2.75, 3.05) is 19.7 Å². The van der Waals surface area contributed by atoms with Gasteiger partial charge in [0, 0.05) is 23.3 Å². The number of nitrogens with zero attached hydrogens (tertiary/aromatic N) is 1. The molecule has 2 rings (SSSR count). The van der Waals surface area contributed by atoms with Crippen molar-refractivity contribution in [1.82, 2.24) is 5.32 Å². The van der Waals surface area contributed by atoms with E-state index in [4.69, 9.17) is 10.00 Å². The van der Waals surface area contributed by atoms with Crippen LogP contribution in [0.4, 0.5) is 0 Å². The van der Waals surface area contributed by atoms with Crippen LogP contribution in [0.25, 0.3) is 0 Å². The topological polar surface area (TPSA) is 45.0 Å². The van der Waals surface area contributed by atoms with Gasteiger partial charge in [0.15, 0.2) is 0 Å². The Kier molecular flexibility index (Phi) is 2.60. The van der Waals surface area contributed by atoms with E-state index in [1.807, 2.05) is 11.4 Å². The fraction of sp³-hybridized carbons (Fsp3) is 0.444. The second kappa shape index (κ2) is 3.88. The zero-order chi connectivity index (χ0) is 9.10. The summed E-state index contributed by atoms with van der Waals surface area (Å²) < 4.78 is 5.56. The van der Waals surface area contributed by atoms with Gasteiger partial charge in [-0.3, -0.25) is 0 Å². The Morgan fingerprint density at radius 1 is 1.69 bits per heavy atom. The normalized spacial score (nSPS) is 22.5. The van der Waals surface area contributed by atoms with Crippen molar-refractivity contribution in [3.63, 3.8) is 0 Å². The molecule has 1 aliphatic rings. The lowest BCUT2D eigenvalue weighted by atomic mass is 10.2. The van der Waals surface area contributed by atoms with Crippen molar-refractivity contribution in [2.45, 2.75) is 6.10 Å². The summed E-state index contributed by atoms with van der Waals surface area (Å²) in [7, 11) is 0. The highest BCUT2D eigenvalue weighted by atomic mass is 32.1. The van der Waals surface area contributed by atoms with E-state index in [1.54, 1.807) is 11.3 Å². The van der Waals surface area contributed by atoms with E-state index in [2.05, 4.69) is 11.4 Å². The first kappa shape index (κ1) is 8.70. The molecule has 0 spiro atoms. The molecule has 0 aromatic carbocycles. The van der Waals surface area contributed by atoms with Gasteiger partial charge >= 0.3 is 0 Å². The molecule has 1 saturated heterocycles. The highest BCUT2D eigenvalue weighted by Gasteiger charge is 2.17. The van der Waals surface area contributed by atoms with Crippen molar-refractivity contribution >= 4 is 11.3 Å². The van der Waals surface area contributed by atoms with Crippen LogP contribution in [0, 0.1) is 11.3 Å². The SMILES string of the molecule is N#Cc1csc(C2CNCCO2)c1. The van der Waals surface area contributed by atoms with Gasteiger partial charge in [-0.1, -0.05) is 0 Å². The molecule has 13 heavy (non-hydrogen) atoms. The van der Waals surface area contributed by atoms with Crippen LogP contribution in [0.2, 0.25) is 0 Å². The third kappa shape index (κ3) is 1.89. The molecule has 1 unspecified atom stereocenters. The average Bonchev–Trinajstić information content (AvgIpc) is 2.67. The molecule has 1 N–H and O–H groups in total. The molecule has 4 heteroatoms. The lowest BCUT2D eigenvalue weighted by molar-refractivity contribution is 0.0299. The number of hydrogen-bond acceptors (Lipinski definition) is 4. The second-order valence-electron chi connectivity index (χ2n) is 2.91. The van der Waals surface area contributed by atoms with E-state index in [0.717, 1.165) is 30.1 Å². The quantitative estimate of drug-likeness (QED) is 0.732. The van der Waals surface area contributed by atoms with Crippen molar-refractivity contribution in [3.05, 3.63) is 21.9 Å². The molecule has 3 nitrogen and oxygen atoms in total. The fourth-order valence-electron chi connectivity index (χ4n) is 1.33. The predicted molar refractivity (Wildman–Crippen MR) is 50.6 cm³/mol. The van der Waals surface area contributed by atoms with Crippen LogP contribution >= 0.6 is 11.3 Å². The number of morpholine rings is 1. The monoisotopic (exact) mass is 194 g/mol. The van der Waals surface area contributed by atoms with Crippen molar-refractivity contribution in [1.29, 1.82) is 5.26 Å². The van der Waals surface area contributed by atoms with E-state index >= 15 is 0 Å². The van der Waals surface area contributed by atoms with Crippen LogP contribution < -0.4 is 5.32 Å². The van der Waals surface area contributed by atoms with Crippen LogP contribution in [0.3, 0.4) is 0 Å². The molecule has 1 aromatic rings. The number of ether oxygens (including phenoxy) is 1. The predicted octanol–water partition coefficient (Wildman–Crippen LogP) is 1.28. The van der Waals surface area contributed by atoms with Gasteiger partial charge in [-0.2, -0.15) is 5.26 Å². The summed E-state index contributed by atoms with van der Waals surface area (Å²) in [6, 6.07) is 4.03. The van der Waals surface area contributed by atoms with E-state index < -0.39 is 0 Å². The van der Waals surface area contributed by atoms with Crippen LogP contribution in [0.5, 0.6) is 0 Å². The Morgan fingerprint density at radius 3 is 3.23 bits per heavy atom. The molecule has 68 valence electrons. The Balaban J connectivity index is 2.11. The van der Waals surface area contributed by atoms with E-state index in [0.29, 0.717) is 0 Å². The van der Waals surface area contributed by atoms with Crippen molar-refractivity contribution in [2.24, 2.45) is 0 Å². The number of rotatable bonds is 1. The minimum atomic E-state index is 0.140. The third-order valence-electron chi connectivity index (χ3n) is 1.99. The first-order valence-electron chi connectivity index (χ1n) is 4.21. The molecule has 1 aromatic heterocycles. The van der Waals surface area contributed by atoms with Gasteiger partial charge in [0.05, 0.1) is 12.2 Å². The molecule has 0 bridgehead atoms. The van der Waals surface area contributed by atoms with Crippen LogP contribution in [-0.2, 0) is 4.74 Å². The summed E-state index contributed by atoms with van der Waals surface area (Å²) in [5, 5.41) is 13.8. The number of hydrogen-bond donors (Lipinski definition) is 1. The lowest BCUT2D eigenvalue weighted by Crippen LogP contribution is -2.32. The summed E-state index contributed by atoms with van der Waals surface area (Å²) in [6.07, 6.45) is 0.140. The largest absolute Gasteiger partial charge is 0.370 e. The molecule has 1 aliphatic heterocycles. The maximum absolute atomic E-state index is 8.65. The lowest BCUT2D eigenvalue weighted by Gasteiger charge is -2.22. The number of nitrogens with one attached hydrogen (secondary N) is 1. The molecule has 1 atom stereocenters. The summed E-state index contributed by atoms with van der Waals surface area (Å²) in [5.41, 5.74) is 0.731.